The van der Waals surface area contributed by atoms with E-state index in [0.29, 0.717) is 5.13 Å². The van der Waals surface area contributed by atoms with Crippen LogP contribution in [0.4, 0.5) is 13.9 Å². The molecule has 8 heteroatoms. The molecule has 0 saturated heterocycles. The summed E-state index contributed by atoms with van der Waals surface area (Å²) in [6, 6.07) is 9.67. The van der Waals surface area contributed by atoms with E-state index in [2.05, 4.69) is 15.0 Å². The lowest BCUT2D eigenvalue weighted by molar-refractivity contribution is -0.0501. The van der Waals surface area contributed by atoms with E-state index in [-0.39, 0.29) is 11.3 Å². The lowest BCUT2D eigenvalue weighted by Gasteiger charge is -2.09. The quantitative estimate of drug-likeness (QED) is 0.722. The van der Waals surface area contributed by atoms with Crippen LogP contribution in [0.5, 0.6) is 5.75 Å². The van der Waals surface area contributed by atoms with Crippen LogP contribution < -0.4 is 10.1 Å². The van der Waals surface area contributed by atoms with Crippen LogP contribution in [0, 0.1) is 0 Å². The Morgan fingerprint density at radius 1 is 1.17 bits per heavy atom. The second-order valence-electron chi connectivity index (χ2n) is 4.34. The van der Waals surface area contributed by atoms with Crippen LogP contribution in [0.3, 0.4) is 0 Å². The van der Waals surface area contributed by atoms with Crippen molar-refractivity contribution in [1.29, 1.82) is 0 Å². The van der Waals surface area contributed by atoms with Crippen LogP contribution in [0.25, 0.3) is 10.6 Å². The van der Waals surface area contributed by atoms with Crippen LogP contribution in [-0.2, 0) is 0 Å². The number of para-hydroxylation sites is 1. The molecule has 0 fully saturated rings. The summed E-state index contributed by atoms with van der Waals surface area (Å²) >= 11 is 2.81. The van der Waals surface area contributed by atoms with Gasteiger partial charge < -0.3 is 4.74 Å². The number of thiophene rings is 1. The van der Waals surface area contributed by atoms with Gasteiger partial charge in [0.05, 0.1) is 16.1 Å². The zero-order chi connectivity index (χ0) is 16.2. The summed E-state index contributed by atoms with van der Waals surface area (Å²) in [6.07, 6.45) is 0. The number of hydrogen-bond acceptors (Lipinski definition) is 5. The molecule has 0 unspecified atom stereocenters. The van der Waals surface area contributed by atoms with Gasteiger partial charge in [0.15, 0.2) is 5.13 Å². The minimum Gasteiger partial charge on any atom is -0.434 e. The summed E-state index contributed by atoms with van der Waals surface area (Å²) in [5, 5.41) is 6.75. The van der Waals surface area contributed by atoms with E-state index >= 15 is 0 Å². The van der Waals surface area contributed by atoms with Crippen molar-refractivity contribution >= 4 is 33.7 Å². The summed E-state index contributed by atoms with van der Waals surface area (Å²) in [5.74, 6) is -0.719. The lowest BCUT2D eigenvalue weighted by atomic mass is 10.2. The molecule has 2 aromatic heterocycles. The average molecular weight is 352 g/mol. The third-order valence-corrected chi connectivity index (χ3v) is 4.50. The Kier molecular flexibility index (Phi) is 4.63. The monoisotopic (exact) mass is 352 g/mol. The third-order valence-electron chi connectivity index (χ3n) is 2.85. The first-order chi connectivity index (χ1) is 11.1. The van der Waals surface area contributed by atoms with E-state index in [4.69, 9.17) is 0 Å². The zero-order valence-electron chi connectivity index (χ0n) is 11.5. The number of benzene rings is 1. The molecule has 0 aliphatic carbocycles. The van der Waals surface area contributed by atoms with Gasteiger partial charge in [0.1, 0.15) is 5.75 Å². The normalized spacial score (nSPS) is 10.7. The number of carbonyl (C=O) groups is 1. The number of hydrogen-bond donors (Lipinski definition) is 1. The van der Waals surface area contributed by atoms with Crippen LogP contribution in [-0.4, -0.2) is 17.5 Å². The molecule has 118 valence electrons. The van der Waals surface area contributed by atoms with Crippen molar-refractivity contribution in [3.8, 4) is 16.3 Å². The minimum absolute atomic E-state index is 0.0284. The lowest BCUT2D eigenvalue weighted by Crippen LogP contribution is -2.14. The number of aromatic nitrogens is 1. The number of nitrogens with one attached hydrogen (secondary N) is 1. The number of thiazole rings is 1. The predicted molar refractivity (Wildman–Crippen MR) is 86.5 cm³/mol. The maximum atomic E-state index is 12.4. The van der Waals surface area contributed by atoms with Gasteiger partial charge in [-0.15, -0.1) is 22.7 Å². The standard InChI is InChI=1S/C15H10F2N2O2S2/c16-14(17)21-11-5-2-1-4-9(11)13(20)19-15-18-10(8-23-15)12-6-3-7-22-12/h1-8,14H,(H,18,19,20). The predicted octanol–water partition coefficient (Wildman–Crippen LogP) is 4.73. The van der Waals surface area contributed by atoms with Gasteiger partial charge in [0, 0.05) is 5.38 Å². The first-order valence-corrected chi connectivity index (χ1v) is 8.24. The van der Waals surface area contributed by atoms with Gasteiger partial charge in [0.25, 0.3) is 5.91 Å². The Balaban J connectivity index is 1.77. The number of rotatable bonds is 5. The molecular weight excluding hydrogens is 342 g/mol. The Bertz CT molecular complexity index is 803. The average Bonchev–Trinajstić information content (AvgIpc) is 3.17. The van der Waals surface area contributed by atoms with Gasteiger partial charge in [-0.1, -0.05) is 18.2 Å². The molecule has 23 heavy (non-hydrogen) atoms. The SMILES string of the molecule is O=C(Nc1nc(-c2cccs2)cs1)c1ccccc1OC(F)F. The largest absolute Gasteiger partial charge is 0.434 e. The fraction of sp³-hybridized carbons (Fsp3) is 0.0667. The van der Waals surface area contributed by atoms with Crippen molar-refractivity contribution in [2.45, 2.75) is 6.61 Å². The van der Waals surface area contributed by atoms with Crippen molar-refractivity contribution < 1.29 is 18.3 Å². The smallest absolute Gasteiger partial charge is 0.387 e. The molecule has 0 spiro atoms. The van der Waals surface area contributed by atoms with Crippen molar-refractivity contribution in [1.82, 2.24) is 4.98 Å². The number of carbonyl (C=O) groups excluding carboxylic acids is 1. The number of nitrogens with zero attached hydrogens (tertiary/aromatic N) is 1. The summed E-state index contributed by atoms with van der Waals surface area (Å²) in [7, 11) is 0. The van der Waals surface area contributed by atoms with Crippen molar-refractivity contribution in [2.24, 2.45) is 0 Å². The van der Waals surface area contributed by atoms with Crippen LogP contribution >= 0.6 is 22.7 Å². The van der Waals surface area contributed by atoms with E-state index in [9.17, 15) is 13.6 Å². The third kappa shape index (κ3) is 3.72. The Labute approximate surface area is 138 Å². The van der Waals surface area contributed by atoms with E-state index in [0.717, 1.165) is 10.6 Å². The highest BCUT2D eigenvalue weighted by molar-refractivity contribution is 7.16. The number of amides is 1. The molecule has 0 radical (unpaired) electrons. The first-order valence-electron chi connectivity index (χ1n) is 6.48. The number of halogens is 2. The highest BCUT2D eigenvalue weighted by Gasteiger charge is 2.16. The minimum atomic E-state index is -2.99. The molecule has 0 aliphatic heterocycles. The molecule has 2 heterocycles. The second kappa shape index (κ2) is 6.84. The number of anilines is 1. The van der Waals surface area contributed by atoms with Gasteiger partial charge in [-0.2, -0.15) is 8.78 Å². The fourth-order valence-corrected chi connectivity index (χ4v) is 3.35. The zero-order valence-corrected chi connectivity index (χ0v) is 13.2. The topological polar surface area (TPSA) is 51.2 Å². The number of alkyl halides is 2. The van der Waals surface area contributed by atoms with Crippen LogP contribution in [0.15, 0.2) is 47.2 Å². The van der Waals surface area contributed by atoms with E-state index in [1.807, 2.05) is 22.9 Å². The maximum Gasteiger partial charge on any atom is 0.387 e. The van der Waals surface area contributed by atoms with Crippen LogP contribution in [0.1, 0.15) is 10.4 Å². The highest BCUT2D eigenvalue weighted by atomic mass is 32.1. The summed E-state index contributed by atoms with van der Waals surface area (Å²) in [6.45, 7) is -2.99. The Morgan fingerprint density at radius 3 is 2.74 bits per heavy atom. The van der Waals surface area contributed by atoms with Gasteiger partial charge >= 0.3 is 6.61 Å². The van der Waals surface area contributed by atoms with Crippen LogP contribution in [0.2, 0.25) is 0 Å². The van der Waals surface area contributed by atoms with Crippen molar-refractivity contribution in [3.63, 3.8) is 0 Å². The molecule has 0 atom stereocenters. The fourth-order valence-electron chi connectivity index (χ4n) is 1.89. The van der Waals surface area contributed by atoms with Gasteiger partial charge in [-0.05, 0) is 23.6 Å². The van der Waals surface area contributed by atoms with Crippen molar-refractivity contribution in [2.75, 3.05) is 5.32 Å². The molecule has 1 aromatic carbocycles. The van der Waals surface area contributed by atoms with E-state index in [1.165, 1.54) is 29.5 Å². The Morgan fingerprint density at radius 2 is 2.00 bits per heavy atom. The Hall–Kier alpha value is -2.32. The molecule has 0 bridgehead atoms. The molecule has 3 rings (SSSR count). The van der Waals surface area contributed by atoms with Gasteiger partial charge in [-0.25, -0.2) is 4.98 Å². The summed E-state index contributed by atoms with van der Waals surface area (Å²) in [5.41, 5.74) is 0.790. The summed E-state index contributed by atoms with van der Waals surface area (Å²) in [4.78, 5) is 17.6. The molecule has 0 aliphatic rings. The first kappa shape index (κ1) is 15.6. The molecule has 0 saturated carbocycles. The van der Waals surface area contributed by atoms with Gasteiger partial charge in [-0.3, -0.25) is 10.1 Å². The number of ether oxygens (including phenoxy) is 1. The van der Waals surface area contributed by atoms with Gasteiger partial charge in [0.2, 0.25) is 0 Å². The molecule has 3 aromatic rings. The maximum absolute atomic E-state index is 12.4. The summed E-state index contributed by atoms with van der Waals surface area (Å²) < 4.78 is 29.1. The van der Waals surface area contributed by atoms with Crippen molar-refractivity contribution in [3.05, 3.63) is 52.7 Å². The molecule has 1 N–H and O–H groups in total. The highest BCUT2D eigenvalue weighted by Crippen LogP contribution is 2.29. The van der Waals surface area contributed by atoms with E-state index < -0.39 is 12.5 Å². The molecular formula is C15H10F2N2O2S2. The molecule has 4 nitrogen and oxygen atoms in total. The molecule has 1 amide bonds. The van der Waals surface area contributed by atoms with E-state index in [1.54, 1.807) is 17.4 Å². The second-order valence-corrected chi connectivity index (χ2v) is 6.15.